The van der Waals surface area contributed by atoms with E-state index in [1.165, 1.54) is 74.4 Å². The van der Waals surface area contributed by atoms with Gasteiger partial charge in [-0.25, -0.2) is 24.9 Å². The monoisotopic (exact) mass is 1210 g/mol. The average molecular weight is 1210 g/mol. The van der Waals surface area contributed by atoms with E-state index in [0.29, 0.717) is 86.3 Å². The molecule has 0 bridgehead atoms. The number of aromatic nitrogens is 6. The van der Waals surface area contributed by atoms with Gasteiger partial charge < -0.3 is 46.3 Å². The third kappa shape index (κ3) is 14.4. The van der Waals surface area contributed by atoms with Crippen LogP contribution >= 0.6 is 0 Å². The largest absolute Gasteiger partial charge is 0.381 e. The number of rotatable bonds is 20. The second kappa shape index (κ2) is 28.1. The topological polar surface area (TPSA) is 236 Å². The zero-order valence-corrected chi connectivity index (χ0v) is 51.8. The molecule has 6 saturated heterocycles. The summed E-state index contributed by atoms with van der Waals surface area (Å²) < 4.78 is 11.4. The van der Waals surface area contributed by atoms with E-state index in [9.17, 15) is 9.59 Å². The molecule has 1 aliphatic carbocycles. The summed E-state index contributed by atoms with van der Waals surface area (Å²) in [6.07, 6.45) is 19.1. The zero-order chi connectivity index (χ0) is 60.6. The van der Waals surface area contributed by atoms with Crippen LogP contribution in [0.15, 0.2) is 85.5 Å². The number of nitrogens with zero attached hydrogens (tertiary/aromatic N) is 12. The Hall–Kier alpha value is -7.60. The van der Waals surface area contributed by atoms with Crippen molar-refractivity contribution in [1.82, 2.24) is 55.0 Å². The molecule has 0 spiro atoms. The first-order valence-electron chi connectivity index (χ1n) is 32.9. The van der Waals surface area contributed by atoms with E-state index in [1.54, 1.807) is 24.8 Å². The minimum atomic E-state index is -0.668. The molecule has 0 radical (unpaired) electrons. The highest BCUT2D eigenvalue weighted by molar-refractivity contribution is 5.99. The number of nitrogens with one attached hydrogen (secondary N) is 5. The van der Waals surface area contributed by atoms with Gasteiger partial charge in [0.1, 0.15) is 11.4 Å². The Bertz CT molecular complexity index is 3370. The van der Waals surface area contributed by atoms with Gasteiger partial charge >= 0.3 is 0 Å². The van der Waals surface area contributed by atoms with E-state index in [2.05, 4.69) is 105 Å². The molecule has 13 rings (SSSR count). The summed E-state index contributed by atoms with van der Waals surface area (Å²) in [6, 6.07) is 22.8. The number of carbonyl (C=O) groups is 2. The summed E-state index contributed by atoms with van der Waals surface area (Å²) >= 11 is 0. The molecule has 0 atom stereocenters. The fourth-order valence-corrected chi connectivity index (χ4v) is 14.1. The second-order valence-corrected chi connectivity index (χ2v) is 25.0. The van der Waals surface area contributed by atoms with Crippen molar-refractivity contribution in [2.24, 2.45) is 5.73 Å². The number of benzene rings is 2. The number of nitrogens with two attached hydrogens (primary N) is 1. The molecule has 22 heteroatoms. The molecule has 10 heterocycles. The van der Waals surface area contributed by atoms with Crippen LogP contribution in [-0.4, -0.2) is 197 Å². The molecule has 4 aromatic heterocycles. The minimum absolute atomic E-state index is 0.0635. The lowest BCUT2D eigenvalue weighted by Crippen LogP contribution is -2.57. The number of aryl methyl sites for hydroxylation is 2. The van der Waals surface area contributed by atoms with Gasteiger partial charge in [0.2, 0.25) is 0 Å². The standard InChI is InChI=1S/C67H88N18O4/c1-3-45-43-51(73-65-60(62(68)86)75-58(47-11-23-69-24-12-47)63(77-65)71-49-19-39-88-40-20-49)5-9-56(45)84-29-17-55(18-30-84)82-35-37-85(38-36-82)79-67(87)61-66(78-64(72-50-21-41-89-42-22-50)59(76-61)48-13-25-70-26-14-48)74-52-6-10-57(46(4-2)44-52)83-27-15-54(16-28-83)81-33-31-80(32-34-81)53-7-8-53/h5-6,9-14,23-26,43-44,49-50,53-55H,3-4,7-8,15-22,27-42H2,1-2H3,(H2,68,86)(H,79,87)(H2,71,73,77)(H2,72,74,78). The van der Waals surface area contributed by atoms with Gasteiger partial charge in [-0.05, 0) is 149 Å². The molecule has 7 fully saturated rings. The first-order valence-corrected chi connectivity index (χ1v) is 32.9. The van der Waals surface area contributed by atoms with E-state index >= 15 is 0 Å². The molecule has 89 heavy (non-hydrogen) atoms. The number of piperazine rings is 2. The first-order chi connectivity index (χ1) is 43.7. The van der Waals surface area contributed by atoms with E-state index in [1.807, 2.05) is 35.3 Å². The Kier molecular flexibility index (Phi) is 19.0. The van der Waals surface area contributed by atoms with Crippen molar-refractivity contribution in [2.45, 2.75) is 121 Å². The molecule has 6 aromatic rings. The van der Waals surface area contributed by atoms with Crippen molar-refractivity contribution < 1.29 is 19.1 Å². The van der Waals surface area contributed by atoms with Gasteiger partial charge in [0.25, 0.3) is 11.8 Å². The van der Waals surface area contributed by atoms with Crippen LogP contribution < -0.4 is 42.2 Å². The fraction of sp³-hybridized carbons (Fsp3) is 0.522. The molecule has 470 valence electrons. The summed E-state index contributed by atoms with van der Waals surface area (Å²) in [5.74, 6) is 0.920. The molecule has 7 N–H and O–H groups in total. The van der Waals surface area contributed by atoms with E-state index < -0.39 is 5.91 Å². The predicted molar refractivity (Wildman–Crippen MR) is 349 cm³/mol. The van der Waals surface area contributed by atoms with E-state index in [4.69, 9.17) is 35.1 Å². The number of ether oxygens (including phenoxy) is 2. The number of anilines is 8. The maximum Gasteiger partial charge on any atom is 0.288 e. The second-order valence-electron chi connectivity index (χ2n) is 25.0. The Balaban J connectivity index is 0.662. The van der Waals surface area contributed by atoms with Crippen LogP contribution in [-0.2, 0) is 22.3 Å². The maximum atomic E-state index is 14.9. The van der Waals surface area contributed by atoms with E-state index in [0.717, 1.165) is 119 Å². The lowest BCUT2D eigenvalue weighted by molar-refractivity contribution is 0.0464. The normalized spacial score (nSPS) is 20.1. The average Bonchev–Trinajstić information content (AvgIpc) is 4.17. The molecule has 6 aliphatic heterocycles. The van der Waals surface area contributed by atoms with Crippen LogP contribution in [0.1, 0.15) is 110 Å². The zero-order valence-electron chi connectivity index (χ0n) is 51.8. The molecular formula is C67H88N18O4. The number of carbonyl (C=O) groups excluding carboxylic acids is 2. The molecule has 0 unspecified atom stereocenters. The van der Waals surface area contributed by atoms with E-state index in [-0.39, 0.29) is 29.4 Å². The van der Waals surface area contributed by atoms with Crippen LogP contribution in [0.25, 0.3) is 22.5 Å². The highest BCUT2D eigenvalue weighted by atomic mass is 16.5. The van der Waals surface area contributed by atoms with Crippen LogP contribution in [0.4, 0.5) is 46.0 Å². The Morgan fingerprint density at radius 2 is 0.888 bits per heavy atom. The highest BCUT2D eigenvalue weighted by Gasteiger charge is 2.35. The van der Waals surface area contributed by atoms with Crippen molar-refractivity contribution in [3.05, 3.63) is 108 Å². The Morgan fingerprint density at radius 1 is 0.483 bits per heavy atom. The summed E-state index contributed by atoms with van der Waals surface area (Å²) in [5, 5.41) is 16.4. The van der Waals surface area contributed by atoms with Gasteiger partial charge in [-0.2, -0.15) is 0 Å². The third-order valence-corrected chi connectivity index (χ3v) is 19.3. The van der Waals surface area contributed by atoms with Gasteiger partial charge in [-0.1, -0.05) is 13.8 Å². The Morgan fingerprint density at radius 3 is 1.30 bits per heavy atom. The molecule has 2 amide bonds. The van der Waals surface area contributed by atoms with Crippen LogP contribution in [0.3, 0.4) is 0 Å². The summed E-state index contributed by atoms with van der Waals surface area (Å²) in [7, 11) is 0. The van der Waals surface area contributed by atoms with Gasteiger partial charge in [0, 0.05) is 194 Å². The molecule has 7 aliphatic rings. The predicted octanol–water partition coefficient (Wildman–Crippen LogP) is 7.96. The molecule has 1 saturated carbocycles. The fourth-order valence-electron chi connectivity index (χ4n) is 14.1. The third-order valence-electron chi connectivity index (χ3n) is 19.3. The maximum absolute atomic E-state index is 14.9. The van der Waals surface area contributed by atoms with Crippen molar-refractivity contribution in [2.75, 3.05) is 136 Å². The number of amides is 2. The van der Waals surface area contributed by atoms with Gasteiger partial charge in [-0.15, -0.1) is 0 Å². The highest BCUT2D eigenvalue weighted by Crippen LogP contribution is 2.37. The number of pyridine rings is 2. The SMILES string of the molecule is CCc1cc(Nc2nc(NC3CCOCC3)c(-c3ccncc3)nc2C(N)=O)ccc1N1CCC(N2CCN(NC(=O)c3nc(-c4ccncc4)c(NC4CCOCC4)nc3Nc3ccc(N4CCC(N5CCN(C6CC6)CC5)CC4)c(CC)c3)CC2)CC1. The van der Waals surface area contributed by atoms with Crippen molar-refractivity contribution in [3.8, 4) is 22.5 Å². The summed E-state index contributed by atoms with van der Waals surface area (Å²) in [4.78, 5) is 69.8. The number of primary amides is 1. The minimum Gasteiger partial charge on any atom is -0.381 e. The molecular weight excluding hydrogens is 1120 g/mol. The Labute approximate surface area is 523 Å². The van der Waals surface area contributed by atoms with Crippen molar-refractivity contribution in [1.29, 1.82) is 0 Å². The van der Waals surface area contributed by atoms with Gasteiger partial charge in [-0.3, -0.25) is 39.7 Å². The quantitative estimate of drug-likeness (QED) is 0.0425. The van der Waals surface area contributed by atoms with Gasteiger partial charge in [0.05, 0.1) is 0 Å². The molecule has 2 aromatic carbocycles. The van der Waals surface area contributed by atoms with Crippen LogP contribution in [0, 0.1) is 0 Å². The number of hydrazine groups is 1. The van der Waals surface area contributed by atoms with Crippen LogP contribution in [0.5, 0.6) is 0 Å². The lowest BCUT2D eigenvalue weighted by atomic mass is 9.99. The molecule has 22 nitrogen and oxygen atoms in total. The number of hydrogen-bond acceptors (Lipinski definition) is 20. The smallest absolute Gasteiger partial charge is 0.288 e. The van der Waals surface area contributed by atoms with Crippen molar-refractivity contribution >= 4 is 57.8 Å². The first kappa shape index (κ1) is 60.3. The van der Waals surface area contributed by atoms with Crippen LogP contribution in [0.2, 0.25) is 0 Å². The summed E-state index contributed by atoms with van der Waals surface area (Å²) in [5.41, 5.74) is 18.9. The van der Waals surface area contributed by atoms with Gasteiger partial charge in [0.15, 0.2) is 34.7 Å². The van der Waals surface area contributed by atoms with Crippen molar-refractivity contribution in [3.63, 3.8) is 0 Å². The lowest BCUT2D eigenvalue weighted by Gasteiger charge is -2.43. The summed E-state index contributed by atoms with van der Waals surface area (Å²) in [6.45, 7) is 18.8. The number of hydrogen-bond donors (Lipinski definition) is 6. The number of piperidine rings is 2.